The standard InChI is InChI=1S/C22H27BrCl2N4O4Si/c1-22(2,3)34(4,5)33-11-10-27-8-9-29-18-15(16(23)19(29)20(27)30)14(12-13(24)17(18)25)28(7-6-26)21(31)32/h12H,7-11H2,1-5H3,(H,31,32). The minimum absolute atomic E-state index is 0.0697. The summed E-state index contributed by atoms with van der Waals surface area (Å²) in [6, 6.07) is 3.26. The monoisotopic (exact) mass is 588 g/mol. The van der Waals surface area contributed by atoms with Crippen LogP contribution in [-0.4, -0.2) is 61.1 Å². The second kappa shape index (κ2) is 9.70. The van der Waals surface area contributed by atoms with E-state index in [1.165, 1.54) is 6.07 Å². The van der Waals surface area contributed by atoms with Crippen molar-refractivity contribution >= 4 is 76.0 Å². The first-order valence-electron chi connectivity index (χ1n) is 10.7. The fraction of sp³-hybridized carbons (Fsp3) is 0.500. The average Bonchev–Trinajstić information content (AvgIpc) is 3.03. The molecule has 0 atom stereocenters. The molecular formula is C22H27BrCl2N4O4Si. The quantitative estimate of drug-likeness (QED) is 0.319. The van der Waals surface area contributed by atoms with Crippen LogP contribution in [0.25, 0.3) is 10.9 Å². The van der Waals surface area contributed by atoms with Crippen LogP contribution in [0.4, 0.5) is 10.5 Å². The van der Waals surface area contributed by atoms with Gasteiger partial charge in [0.1, 0.15) is 12.2 Å². The van der Waals surface area contributed by atoms with Gasteiger partial charge in [0, 0.05) is 25.0 Å². The number of rotatable bonds is 6. The number of anilines is 1. The van der Waals surface area contributed by atoms with Crippen molar-refractivity contribution in [2.75, 3.05) is 31.1 Å². The summed E-state index contributed by atoms with van der Waals surface area (Å²) in [6.45, 7) is 12.2. The molecule has 2 amide bonds. The summed E-state index contributed by atoms with van der Waals surface area (Å²) in [5.74, 6) is -0.214. The molecule has 0 spiro atoms. The zero-order valence-electron chi connectivity index (χ0n) is 19.7. The van der Waals surface area contributed by atoms with Crippen LogP contribution >= 0.6 is 39.1 Å². The van der Waals surface area contributed by atoms with Gasteiger partial charge >= 0.3 is 6.09 Å². The van der Waals surface area contributed by atoms with Gasteiger partial charge in [-0.25, -0.2) is 4.79 Å². The smallest absolute Gasteiger partial charge is 0.412 e. The molecule has 2 heterocycles. The first-order chi connectivity index (χ1) is 15.7. The molecule has 12 heteroatoms. The molecule has 1 aromatic carbocycles. The summed E-state index contributed by atoms with van der Waals surface area (Å²) < 4.78 is 8.42. The number of nitriles is 1. The second-order valence-corrected chi connectivity index (χ2v) is 16.0. The van der Waals surface area contributed by atoms with Crippen molar-refractivity contribution in [1.82, 2.24) is 9.47 Å². The van der Waals surface area contributed by atoms with Crippen LogP contribution < -0.4 is 4.90 Å². The van der Waals surface area contributed by atoms with E-state index in [0.29, 0.717) is 47.3 Å². The van der Waals surface area contributed by atoms with E-state index in [-0.39, 0.29) is 26.7 Å². The van der Waals surface area contributed by atoms with Crippen molar-refractivity contribution in [3.8, 4) is 6.07 Å². The molecule has 184 valence electrons. The van der Waals surface area contributed by atoms with E-state index in [9.17, 15) is 14.7 Å². The highest BCUT2D eigenvalue weighted by molar-refractivity contribution is 9.10. The minimum Gasteiger partial charge on any atom is -0.465 e. The highest BCUT2D eigenvalue weighted by atomic mass is 79.9. The fourth-order valence-electron chi connectivity index (χ4n) is 3.70. The topological polar surface area (TPSA) is 98.8 Å². The highest BCUT2D eigenvalue weighted by Gasteiger charge is 2.38. The largest absolute Gasteiger partial charge is 0.465 e. The third kappa shape index (κ3) is 4.69. The van der Waals surface area contributed by atoms with Crippen LogP contribution in [0.1, 0.15) is 31.3 Å². The Labute approximate surface area is 218 Å². The lowest BCUT2D eigenvalue weighted by atomic mass is 10.2. The summed E-state index contributed by atoms with van der Waals surface area (Å²) in [4.78, 5) is 27.9. The van der Waals surface area contributed by atoms with Crippen LogP contribution in [0.15, 0.2) is 10.5 Å². The van der Waals surface area contributed by atoms with Gasteiger partial charge in [-0.1, -0.05) is 44.0 Å². The van der Waals surface area contributed by atoms with E-state index in [4.69, 9.17) is 32.9 Å². The van der Waals surface area contributed by atoms with Crippen molar-refractivity contribution < 1.29 is 19.1 Å². The van der Waals surface area contributed by atoms with Gasteiger partial charge in [0.15, 0.2) is 8.32 Å². The number of carbonyl (C=O) groups excluding carboxylic acids is 1. The van der Waals surface area contributed by atoms with Crippen LogP contribution in [0.5, 0.6) is 0 Å². The maximum Gasteiger partial charge on any atom is 0.412 e. The third-order valence-electron chi connectivity index (χ3n) is 6.61. The van der Waals surface area contributed by atoms with E-state index >= 15 is 0 Å². The maximum absolute atomic E-state index is 13.5. The predicted molar refractivity (Wildman–Crippen MR) is 140 cm³/mol. The lowest BCUT2D eigenvalue weighted by Gasteiger charge is -2.37. The molecule has 1 N–H and O–H groups in total. The summed E-state index contributed by atoms with van der Waals surface area (Å²) in [5.41, 5.74) is 1.01. The third-order valence-corrected chi connectivity index (χ3v) is 12.7. The number of hydrogen-bond donors (Lipinski definition) is 1. The molecule has 1 aromatic heterocycles. The van der Waals surface area contributed by atoms with E-state index in [2.05, 4.69) is 49.8 Å². The zero-order chi connectivity index (χ0) is 25.6. The average molecular weight is 590 g/mol. The molecule has 2 aromatic rings. The number of nitrogens with zero attached hydrogens (tertiary/aromatic N) is 4. The first-order valence-corrected chi connectivity index (χ1v) is 15.2. The highest BCUT2D eigenvalue weighted by Crippen LogP contribution is 2.45. The molecule has 0 fully saturated rings. The van der Waals surface area contributed by atoms with Crippen molar-refractivity contribution in [2.45, 2.75) is 45.4 Å². The van der Waals surface area contributed by atoms with Gasteiger partial charge in [-0.2, -0.15) is 5.26 Å². The molecule has 0 saturated heterocycles. The van der Waals surface area contributed by atoms with Crippen molar-refractivity contribution in [1.29, 1.82) is 5.26 Å². The Morgan fingerprint density at radius 1 is 1.35 bits per heavy atom. The summed E-state index contributed by atoms with van der Waals surface area (Å²) in [5, 5.41) is 19.7. The number of carbonyl (C=O) groups is 2. The Kier molecular flexibility index (Phi) is 7.66. The molecule has 1 aliphatic rings. The van der Waals surface area contributed by atoms with Gasteiger partial charge in [0.2, 0.25) is 0 Å². The Morgan fingerprint density at radius 2 is 2.00 bits per heavy atom. The Morgan fingerprint density at radius 3 is 2.56 bits per heavy atom. The first kappa shape index (κ1) is 26.8. The van der Waals surface area contributed by atoms with E-state index in [1.54, 1.807) is 9.47 Å². The number of halogens is 3. The second-order valence-electron chi connectivity index (χ2n) is 9.66. The molecule has 0 aliphatic carbocycles. The molecule has 0 bridgehead atoms. The van der Waals surface area contributed by atoms with Crippen LogP contribution in [-0.2, 0) is 11.0 Å². The van der Waals surface area contributed by atoms with Crippen LogP contribution in [0.3, 0.4) is 0 Å². The van der Waals surface area contributed by atoms with Crippen molar-refractivity contribution in [2.24, 2.45) is 0 Å². The Balaban J connectivity index is 2.02. The predicted octanol–water partition coefficient (Wildman–Crippen LogP) is 6.20. The molecule has 0 radical (unpaired) electrons. The van der Waals surface area contributed by atoms with E-state index in [1.807, 2.05) is 6.07 Å². The summed E-state index contributed by atoms with van der Waals surface area (Å²) in [6.07, 6.45) is -1.31. The van der Waals surface area contributed by atoms with Gasteiger partial charge in [0.05, 0.1) is 38.4 Å². The van der Waals surface area contributed by atoms with Gasteiger partial charge in [-0.05, 0) is 40.1 Å². The molecule has 0 unspecified atom stereocenters. The van der Waals surface area contributed by atoms with E-state index in [0.717, 1.165) is 4.90 Å². The number of aromatic nitrogens is 1. The normalized spacial score (nSPS) is 14.3. The summed E-state index contributed by atoms with van der Waals surface area (Å²) >= 11 is 16.4. The van der Waals surface area contributed by atoms with Crippen LogP contribution in [0.2, 0.25) is 28.2 Å². The Hall–Kier alpha value is -1.77. The van der Waals surface area contributed by atoms with E-state index < -0.39 is 21.0 Å². The molecule has 8 nitrogen and oxygen atoms in total. The lowest BCUT2D eigenvalue weighted by molar-refractivity contribution is 0.0673. The minimum atomic E-state index is -1.95. The van der Waals surface area contributed by atoms with Gasteiger partial charge in [0.25, 0.3) is 5.91 Å². The number of benzene rings is 1. The van der Waals surface area contributed by atoms with Crippen molar-refractivity contribution in [3.05, 3.63) is 26.3 Å². The number of amides is 2. The van der Waals surface area contributed by atoms with Crippen LogP contribution in [0, 0.1) is 11.3 Å². The molecule has 3 rings (SSSR count). The zero-order valence-corrected chi connectivity index (χ0v) is 23.8. The summed E-state index contributed by atoms with van der Waals surface area (Å²) in [7, 11) is -1.95. The SMILES string of the molecule is CC(C)(C)[Si](C)(C)OCCN1CCn2c(c(Br)c3c(N(CC#N)C(=O)O)cc(Cl)c(Cl)c32)C1=O. The number of fused-ring (bicyclic) bond motifs is 3. The lowest BCUT2D eigenvalue weighted by Crippen LogP contribution is -2.45. The van der Waals surface area contributed by atoms with Gasteiger partial charge < -0.3 is 19.0 Å². The molecule has 34 heavy (non-hydrogen) atoms. The molecular weight excluding hydrogens is 563 g/mol. The maximum atomic E-state index is 13.5. The van der Waals surface area contributed by atoms with Crippen molar-refractivity contribution in [3.63, 3.8) is 0 Å². The fourth-order valence-corrected chi connectivity index (χ4v) is 5.96. The number of hydrogen-bond acceptors (Lipinski definition) is 4. The molecule has 1 aliphatic heterocycles. The Bertz CT molecular complexity index is 1200. The molecule has 0 saturated carbocycles. The van der Waals surface area contributed by atoms with Gasteiger partial charge in [-0.15, -0.1) is 0 Å². The number of carboxylic acid groups (broad SMARTS) is 1. The van der Waals surface area contributed by atoms with Gasteiger partial charge in [-0.3, -0.25) is 9.69 Å².